The summed E-state index contributed by atoms with van der Waals surface area (Å²) in [6.07, 6.45) is 1.88. The van der Waals surface area contributed by atoms with Gasteiger partial charge in [0.05, 0.1) is 17.8 Å². The highest BCUT2D eigenvalue weighted by molar-refractivity contribution is 5.97. The van der Waals surface area contributed by atoms with Gasteiger partial charge in [0, 0.05) is 19.3 Å². The van der Waals surface area contributed by atoms with Gasteiger partial charge in [-0.15, -0.1) is 0 Å². The lowest BCUT2D eigenvalue weighted by Gasteiger charge is -2.22. The van der Waals surface area contributed by atoms with Crippen molar-refractivity contribution in [1.82, 2.24) is 9.88 Å². The molecule has 9 heteroatoms. The first-order chi connectivity index (χ1) is 15.4. The molecule has 1 saturated heterocycles. The molecule has 0 bridgehead atoms. The van der Waals surface area contributed by atoms with Crippen LogP contribution in [0, 0.1) is 0 Å². The monoisotopic (exact) mass is 436 g/mol. The summed E-state index contributed by atoms with van der Waals surface area (Å²) in [4.78, 5) is 42.5. The molecule has 0 spiro atoms. The maximum atomic E-state index is 12.7. The smallest absolute Gasteiger partial charge is 0.276 e. The minimum atomic E-state index is -0.706. The van der Waals surface area contributed by atoms with Gasteiger partial charge in [0.25, 0.3) is 16.8 Å². The van der Waals surface area contributed by atoms with E-state index in [1.165, 1.54) is 17.2 Å². The number of nitrogens with zero attached hydrogens (tertiary/aromatic N) is 2. The van der Waals surface area contributed by atoms with Gasteiger partial charge in [-0.1, -0.05) is 37.3 Å². The Morgan fingerprint density at radius 1 is 1.19 bits per heavy atom. The van der Waals surface area contributed by atoms with Gasteiger partial charge >= 0.3 is 0 Å². The van der Waals surface area contributed by atoms with E-state index in [1.54, 1.807) is 0 Å². The molecule has 4 N–H and O–H groups in total. The lowest BCUT2D eigenvalue weighted by Crippen LogP contribution is -2.37. The Labute approximate surface area is 184 Å². The number of anilines is 3. The third kappa shape index (κ3) is 3.94. The van der Waals surface area contributed by atoms with E-state index >= 15 is 0 Å². The molecular formula is C23H24N4O5. The van der Waals surface area contributed by atoms with Crippen molar-refractivity contribution < 1.29 is 15.0 Å². The Morgan fingerprint density at radius 2 is 1.91 bits per heavy atom. The molecular weight excluding hydrogens is 412 g/mol. The molecule has 32 heavy (non-hydrogen) atoms. The van der Waals surface area contributed by atoms with E-state index in [1.807, 2.05) is 37.3 Å². The lowest BCUT2D eigenvalue weighted by atomic mass is 10.0. The first kappa shape index (κ1) is 21.5. The predicted molar refractivity (Wildman–Crippen MR) is 120 cm³/mol. The summed E-state index contributed by atoms with van der Waals surface area (Å²) in [7, 11) is 0. The summed E-state index contributed by atoms with van der Waals surface area (Å²) in [5, 5.41) is 26.2. The van der Waals surface area contributed by atoms with E-state index in [-0.39, 0.29) is 35.3 Å². The Bertz CT molecular complexity index is 1200. The van der Waals surface area contributed by atoms with Gasteiger partial charge in [-0.3, -0.25) is 14.4 Å². The fourth-order valence-corrected chi connectivity index (χ4v) is 3.85. The second-order valence-corrected chi connectivity index (χ2v) is 7.80. The zero-order valence-electron chi connectivity index (χ0n) is 17.5. The SMILES string of the molecule is CC[C@@H](Nc1c(Nc2ccnc(C(=O)N3CC[C@H](O)C3)c2O)c(=O)c1=O)c1ccccc1. The van der Waals surface area contributed by atoms with Crippen molar-refractivity contribution in [2.24, 2.45) is 0 Å². The van der Waals surface area contributed by atoms with Crippen molar-refractivity contribution in [3.05, 3.63) is 74.3 Å². The van der Waals surface area contributed by atoms with Crippen LogP contribution in [0.2, 0.25) is 0 Å². The molecule has 4 rings (SSSR count). The molecule has 1 fully saturated rings. The number of likely N-dealkylation sites (tertiary alicyclic amines) is 1. The van der Waals surface area contributed by atoms with Gasteiger partial charge in [0.1, 0.15) is 11.4 Å². The van der Waals surface area contributed by atoms with Crippen molar-refractivity contribution in [2.45, 2.75) is 31.9 Å². The number of hydrogen-bond acceptors (Lipinski definition) is 8. The molecule has 0 radical (unpaired) electrons. The third-order valence-electron chi connectivity index (χ3n) is 5.68. The standard InChI is InChI=1S/C23H24N4O5/c1-2-15(13-6-4-3-5-7-13)25-17-18(22(31)21(17)30)26-16-8-10-24-19(20(16)29)23(32)27-11-9-14(28)12-27/h3-8,10,14-15,25,28-29H,2,9,11-12H2,1H3,(H,24,26)/t14-,15+/m0/s1. The maximum Gasteiger partial charge on any atom is 0.276 e. The Morgan fingerprint density at radius 3 is 2.56 bits per heavy atom. The van der Waals surface area contributed by atoms with Crippen LogP contribution in [-0.4, -0.2) is 45.2 Å². The highest BCUT2D eigenvalue weighted by atomic mass is 16.3. The van der Waals surface area contributed by atoms with E-state index in [0.717, 1.165) is 5.56 Å². The number of benzene rings is 1. The fourth-order valence-electron chi connectivity index (χ4n) is 3.85. The zero-order valence-corrected chi connectivity index (χ0v) is 17.5. The first-order valence-corrected chi connectivity index (χ1v) is 10.5. The van der Waals surface area contributed by atoms with Crippen LogP contribution in [-0.2, 0) is 0 Å². The number of pyridine rings is 1. The molecule has 0 saturated carbocycles. The summed E-state index contributed by atoms with van der Waals surface area (Å²) in [6.45, 7) is 2.50. The zero-order chi connectivity index (χ0) is 22.8. The second kappa shape index (κ2) is 8.80. The second-order valence-electron chi connectivity index (χ2n) is 7.80. The molecule has 0 unspecified atom stereocenters. The van der Waals surface area contributed by atoms with E-state index in [0.29, 0.717) is 19.4 Å². The average Bonchev–Trinajstić information content (AvgIpc) is 3.25. The van der Waals surface area contributed by atoms with Gasteiger partial charge < -0.3 is 25.7 Å². The van der Waals surface area contributed by atoms with Gasteiger partial charge in [0.15, 0.2) is 11.4 Å². The molecule has 9 nitrogen and oxygen atoms in total. The molecule has 2 heterocycles. The fraction of sp³-hybridized carbons (Fsp3) is 0.304. The number of rotatable bonds is 7. The first-order valence-electron chi connectivity index (χ1n) is 10.5. The van der Waals surface area contributed by atoms with E-state index in [4.69, 9.17) is 0 Å². The normalized spacial score (nSPS) is 16.8. The third-order valence-corrected chi connectivity index (χ3v) is 5.68. The maximum absolute atomic E-state index is 12.7. The van der Waals surface area contributed by atoms with Crippen LogP contribution in [0.4, 0.5) is 17.1 Å². The Balaban J connectivity index is 1.58. The summed E-state index contributed by atoms with van der Waals surface area (Å²) in [6, 6.07) is 10.8. The van der Waals surface area contributed by atoms with Crippen LogP contribution in [0.5, 0.6) is 5.75 Å². The minimum absolute atomic E-state index is 0.0286. The van der Waals surface area contributed by atoms with Crippen LogP contribution < -0.4 is 21.5 Å². The van der Waals surface area contributed by atoms with E-state index in [2.05, 4.69) is 15.6 Å². The number of aromatic hydroxyl groups is 1. The van der Waals surface area contributed by atoms with Crippen molar-refractivity contribution >= 4 is 23.0 Å². The van der Waals surface area contributed by atoms with Crippen molar-refractivity contribution in [3.63, 3.8) is 0 Å². The van der Waals surface area contributed by atoms with Crippen molar-refractivity contribution in [3.8, 4) is 5.75 Å². The lowest BCUT2D eigenvalue weighted by molar-refractivity contribution is 0.0756. The molecule has 2 aromatic carbocycles. The van der Waals surface area contributed by atoms with Crippen LogP contribution in [0.1, 0.15) is 41.9 Å². The Hall–Kier alpha value is -3.72. The van der Waals surface area contributed by atoms with Gasteiger partial charge in [-0.2, -0.15) is 0 Å². The summed E-state index contributed by atoms with van der Waals surface area (Å²) in [5.74, 6) is -0.936. The van der Waals surface area contributed by atoms with Gasteiger partial charge in [-0.25, -0.2) is 4.98 Å². The number of aromatic nitrogens is 1. The Kier molecular flexibility index (Phi) is 5.91. The number of carbonyl (C=O) groups is 1. The quantitative estimate of drug-likeness (QED) is 0.413. The number of aliphatic hydroxyl groups excluding tert-OH is 1. The van der Waals surface area contributed by atoms with Crippen LogP contribution >= 0.6 is 0 Å². The number of amides is 1. The number of β-amino-alcohol motifs (C(OH)–C–C–N with tert-alkyl or cyclic N) is 1. The molecule has 1 aromatic heterocycles. The summed E-state index contributed by atoms with van der Waals surface area (Å²) in [5.41, 5.74) is -0.307. The van der Waals surface area contributed by atoms with E-state index < -0.39 is 28.6 Å². The van der Waals surface area contributed by atoms with Crippen LogP contribution in [0.15, 0.2) is 52.2 Å². The number of nitrogens with one attached hydrogen (secondary N) is 2. The molecule has 1 amide bonds. The molecule has 1 aliphatic rings. The average molecular weight is 436 g/mol. The molecule has 1 aliphatic heterocycles. The number of carbonyl (C=O) groups excluding carboxylic acids is 1. The van der Waals surface area contributed by atoms with Crippen molar-refractivity contribution in [1.29, 1.82) is 0 Å². The predicted octanol–water partition coefficient (Wildman–Crippen LogP) is 1.90. The van der Waals surface area contributed by atoms with Crippen LogP contribution in [0.3, 0.4) is 0 Å². The molecule has 2 atom stereocenters. The van der Waals surface area contributed by atoms with Crippen molar-refractivity contribution in [2.75, 3.05) is 23.7 Å². The molecule has 0 aliphatic carbocycles. The van der Waals surface area contributed by atoms with E-state index in [9.17, 15) is 24.6 Å². The topological polar surface area (TPSA) is 132 Å². The summed E-state index contributed by atoms with van der Waals surface area (Å²) >= 11 is 0. The highest BCUT2D eigenvalue weighted by Crippen LogP contribution is 2.32. The number of aliphatic hydroxyl groups is 1. The number of hydrogen-bond donors (Lipinski definition) is 4. The van der Waals surface area contributed by atoms with Crippen LogP contribution in [0.25, 0.3) is 0 Å². The van der Waals surface area contributed by atoms with Gasteiger partial charge in [0.2, 0.25) is 0 Å². The molecule has 166 valence electrons. The summed E-state index contributed by atoms with van der Waals surface area (Å²) < 4.78 is 0. The minimum Gasteiger partial charge on any atom is -0.504 e. The van der Waals surface area contributed by atoms with Gasteiger partial charge in [-0.05, 0) is 24.5 Å². The largest absolute Gasteiger partial charge is 0.504 e. The molecule has 3 aromatic rings. The highest BCUT2D eigenvalue weighted by Gasteiger charge is 2.30.